The molecule has 0 spiro atoms. The SMILES string of the molecule is CC(C)CN(CCC#N)C(=O)[C@@H](C)N. The molecule has 0 saturated heterocycles. The van der Waals surface area contributed by atoms with Crippen molar-refractivity contribution < 1.29 is 4.79 Å². The quantitative estimate of drug-likeness (QED) is 0.706. The fourth-order valence-corrected chi connectivity index (χ4v) is 1.21. The lowest BCUT2D eigenvalue weighted by Gasteiger charge is -2.25. The zero-order chi connectivity index (χ0) is 11.1. The van der Waals surface area contributed by atoms with E-state index >= 15 is 0 Å². The normalized spacial score (nSPS) is 12.3. The van der Waals surface area contributed by atoms with E-state index in [0.717, 1.165) is 0 Å². The van der Waals surface area contributed by atoms with Gasteiger partial charge in [-0.15, -0.1) is 0 Å². The van der Waals surface area contributed by atoms with Crippen molar-refractivity contribution in [1.82, 2.24) is 4.90 Å². The molecule has 0 radical (unpaired) electrons. The van der Waals surface area contributed by atoms with Crippen LogP contribution in [0.5, 0.6) is 0 Å². The monoisotopic (exact) mass is 197 g/mol. The van der Waals surface area contributed by atoms with Crippen LogP contribution in [0.2, 0.25) is 0 Å². The molecule has 1 atom stereocenters. The molecule has 0 aliphatic heterocycles. The van der Waals surface area contributed by atoms with Crippen LogP contribution in [0.25, 0.3) is 0 Å². The Kier molecular flexibility index (Phi) is 5.89. The molecule has 4 heteroatoms. The maximum absolute atomic E-state index is 11.6. The molecule has 14 heavy (non-hydrogen) atoms. The summed E-state index contributed by atoms with van der Waals surface area (Å²) in [5.74, 6) is 0.324. The van der Waals surface area contributed by atoms with Crippen LogP contribution in [-0.2, 0) is 4.79 Å². The van der Waals surface area contributed by atoms with Crippen LogP contribution in [0.4, 0.5) is 0 Å². The van der Waals surface area contributed by atoms with Gasteiger partial charge in [-0.25, -0.2) is 0 Å². The highest BCUT2D eigenvalue weighted by Gasteiger charge is 2.17. The number of nitrogens with two attached hydrogens (primary N) is 1. The van der Waals surface area contributed by atoms with Gasteiger partial charge in [-0.1, -0.05) is 13.8 Å². The highest BCUT2D eigenvalue weighted by molar-refractivity contribution is 5.81. The number of carbonyl (C=O) groups excluding carboxylic acids is 1. The number of nitriles is 1. The lowest BCUT2D eigenvalue weighted by Crippen LogP contribution is -2.44. The summed E-state index contributed by atoms with van der Waals surface area (Å²) in [6, 6.07) is 1.55. The Bertz CT molecular complexity index is 218. The Morgan fingerprint density at radius 1 is 1.50 bits per heavy atom. The van der Waals surface area contributed by atoms with E-state index in [1.54, 1.807) is 11.8 Å². The van der Waals surface area contributed by atoms with E-state index in [9.17, 15) is 4.79 Å². The Hall–Kier alpha value is -1.08. The Morgan fingerprint density at radius 3 is 2.43 bits per heavy atom. The standard InChI is InChI=1S/C10H19N3O/c1-8(2)7-13(6-4-5-11)10(14)9(3)12/h8-9H,4,6-7,12H2,1-3H3/t9-/m1/s1. The molecule has 2 N–H and O–H groups in total. The van der Waals surface area contributed by atoms with Crippen molar-refractivity contribution in [3.05, 3.63) is 0 Å². The van der Waals surface area contributed by atoms with Gasteiger partial charge in [0.1, 0.15) is 0 Å². The van der Waals surface area contributed by atoms with Crippen LogP contribution in [0, 0.1) is 17.2 Å². The molecule has 0 saturated carbocycles. The lowest BCUT2D eigenvalue weighted by molar-refractivity contribution is -0.132. The third-order valence-electron chi connectivity index (χ3n) is 1.78. The maximum atomic E-state index is 11.6. The Morgan fingerprint density at radius 2 is 2.07 bits per heavy atom. The van der Waals surface area contributed by atoms with Crippen molar-refractivity contribution in [3.63, 3.8) is 0 Å². The third kappa shape index (κ3) is 4.83. The second-order valence-electron chi connectivity index (χ2n) is 3.87. The van der Waals surface area contributed by atoms with Gasteiger partial charge in [0.05, 0.1) is 18.5 Å². The smallest absolute Gasteiger partial charge is 0.239 e. The zero-order valence-electron chi connectivity index (χ0n) is 9.16. The number of rotatable bonds is 5. The summed E-state index contributed by atoms with van der Waals surface area (Å²) in [5, 5.41) is 8.45. The fourth-order valence-electron chi connectivity index (χ4n) is 1.21. The molecule has 0 unspecified atom stereocenters. The van der Waals surface area contributed by atoms with Crippen LogP contribution in [-0.4, -0.2) is 29.9 Å². The van der Waals surface area contributed by atoms with Gasteiger partial charge in [-0.2, -0.15) is 5.26 Å². The first-order chi connectivity index (χ1) is 6.49. The van der Waals surface area contributed by atoms with Crippen LogP contribution in [0.15, 0.2) is 0 Å². The van der Waals surface area contributed by atoms with E-state index < -0.39 is 6.04 Å². The topological polar surface area (TPSA) is 70.1 Å². The zero-order valence-corrected chi connectivity index (χ0v) is 9.16. The minimum Gasteiger partial charge on any atom is -0.340 e. The predicted molar refractivity (Wildman–Crippen MR) is 55.3 cm³/mol. The van der Waals surface area contributed by atoms with E-state index in [0.29, 0.717) is 25.4 Å². The summed E-state index contributed by atoms with van der Waals surface area (Å²) < 4.78 is 0. The molecule has 0 aliphatic rings. The van der Waals surface area contributed by atoms with Crippen LogP contribution < -0.4 is 5.73 Å². The largest absolute Gasteiger partial charge is 0.340 e. The number of hydrogen-bond donors (Lipinski definition) is 1. The van der Waals surface area contributed by atoms with Crippen molar-refractivity contribution in [3.8, 4) is 6.07 Å². The van der Waals surface area contributed by atoms with E-state index in [2.05, 4.69) is 0 Å². The molecule has 0 aromatic rings. The van der Waals surface area contributed by atoms with Gasteiger partial charge >= 0.3 is 0 Å². The number of amides is 1. The highest BCUT2D eigenvalue weighted by Crippen LogP contribution is 2.02. The van der Waals surface area contributed by atoms with Gasteiger partial charge in [0.15, 0.2) is 0 Å². The summed E-state index contributed by atoms with van der Waals surface area (Å²) in [7, 11) is 0. The van der Waals surface area contributed by atoms with Crippen LogP contribution in [0.3, 0.4) is 0 Å². The van der Waals surface area contributed by atoms with Crippen LogP contribution in [0.1, 0.15) is 27.2 Å². The van der Waals surface area contributed by atoms with E-state index in [-0.39, 0.29) is 5.91 Å². The predicted octanol–water partition coefficient (Wildman–Crippen LogP) is 0.732. The van der Waals surface area contributed by atoms with Gasteiger partial charge in [0.2, 0.25) is 5.91 Å². The Balaban J connectivity index is 4.24. The minimum absolute atomic E-state index is 0.0750. The molecule has 80 valence electrons. The average Bonchev–Trinajstić information content (AvgIpc) is 2.10. The molecule has 0 bridgehead atoms. The molecule has 4 nitrogen and oxygen atoms in total. The molecule has 0 aromatic carbocycles. The first-order valence-electron chi connectivity index (χ1n) is 4.90. The van der Waals surface area contributed by atoms with Gasteiger partial charge in [0.25, 0.3) is 0 Å². The van der Waals surface area contributed by atoms with Crippen molar-refractivity contribution >= 4 is 5.91 Å². The van der Waals surface area contributed by atoms with E-state index in [1.807, 2.05) is 19.9 Å². The minimum atomic E-state index is -0.479. The molecule has 0 rings (SSSR count). The fraction of sp³-hybridized carbons (Fsp3) is 0.800. The summed E-state index contributed by atoms with van der Waals surface area (Å²) in [5.41, 5.74) is 5.51. The molecular formula is C10H19N3O. The molecule has 0 fully saturated rings. The molecule has 0 heterocycles. The van der Waals surface area contributed by atoms with Crippen molar-refractivity contribution in [2.45, 2.75) is 33.2 Å². The lowest BCUT2D eigenvalue weighted by atomic mass is 10.2. The summed E-state index contributed by atoms with van der Waals surface area (Å²) >= 11 is 0. The summed E-state index contributed by atoms with van der Waals surface area (Å²) in [6.45, 7) is 6.89. The van der Waals surface area contributed by atoms with E-state index in [4.69, 9.17) is 11.0 Å². The van der Waals surface area contributed by atoms with Crippen LogP contribution >= 0.6 is 0 Å². The third-order valence-corrected chi connectivity index (χ3v) is 1.78. The maximum Gasteiger partial charge on any atom is 0.239 e. The van der Waals surface area contributed by atoms with Crippen molar-refractivity contribution in [2.24, 2.45) is 11.7 Å². The molecular weight excluding hydrogens is 178 g/mol. The summed E-state index contributed by atoms with van der Waals surface area (Å²) in [4.78, 5) is 13.2. The molecule has 0 aliphatic carbocycles. The second kappa shape index (κ2) is 6.39. The van der Waals surface area contributed by atoms with Crippen molar-refractivity contribution in [1.29, 1.82) is 5.26 Å². The van der Waals surface area contributed by atoms with Gasteiger partial charge in [0, 0.05) is 13.1 Å². The van der Waals surface area contributed by atoms with E-state index in [1.165, 1.54) is 0 Å². The number of hydrogen-bond acceptors (Lipinski definition) is 3. The highest BCUT2D eigenvalue weighted by atomic mass is 16.2. The van der Waals surface area contributed by atoms with Gasteiger partial charge in [-0.3, -0.25) is 4.79 Å². The number of nitrogens with zero attached hydrogens (tertiary/aromatic N) is 2. The molecule has 0 aromatic heterocycles. The summed E-state index contributed by atoms with van der Waals surface area (Å²) in [6.07, 6.45) is 0.366. The molecule has 1 amide bonds. The van der Waals surface area contributed by atoms with Gasteiger partial charge in [-0.05, 0) is 12.8 Å². The second-order valence-corrected chi connectivity index (χ2v) is 3.87. The first kappa shape index (κ1) is 12.9. The number of carbonyl (C=O) groups is 1. The van der Waals surface area contributed by atoms with Gasteiger partial charge < -0.3 is 10.6 Å². The first-order valence-corrected chi connectivity index (χ1v) is 4.90. The Labute approximate surface area is 85.7 Å². The average molecular weight is 197 g/mol. The van der Waals surface area contributed by atoms with Crippen molar-refractivity contribution in [2.75, 3.05) is 13.1 Å².